The maximum Gasteiger partial charge on any atom is 0.409 e. The Morgan fingerprint density at radius 3 is 2.56 bits per heavy atom. The Bertz CT molecular complexity index is 1080. The summed E-state index contributed by atoms with van der Waals surface area (Å²) >= 11 is 0.956. The molecule has 1 fully saturated rings. The van der Waals surface area contributed by atoms with Gasteiger partial charge in [-0.2, -0.15) is 0 Å². The van der Waals surface area contributed by atoms with Gasteiger partial charge in [0.25, 0.3) is 10.6 Å². The first-order valence-corrected chi connectivity index (χ1v) is 9.65. The van der Waals surface area contributed by atoms with Gasteiger partial charge in [0.15, 0.2) is 0 Å². The number of amides is 2. The first-order chi connectivity index (χ1) is 13.1. The summed E-state index contributed by atoms with van der Waals surface area (Å²) in [5.41, 5.74) is 1.41. The number of benzene rings is 1. The van der Waals surface area contributed by atoms with E-state index in [0.717, 1.165) is 27.6 Å². The number of nitrogens with zero attached hydrogens (tertiary/aromatic N) is 2. The van der Waals surface area contributed by atoms with E-state index in [1.165, 1.54) is 0 Å². The van der Waals surface area contributed by atoms with E-state index < -0.39 is 0 Å². The second kappa shape index (κ2) is 7.03. The fraction of sp³-hybridized carbons (Fsp3) is 0.316. The molecule has 7 nitrogen and oxygen atoms in total. The molecule has 0 bridgehead atoms. The average molecular weight is 385 g/mol. The van der Waals surface area contributed by atoms with E-state index in [4.69, 9.17) is 4.74 Å². The largest absolute Gasteiger partial charge is 0.450 e. The zero-order valence-electron chi connectivity index (χ0n) is 14.9. The molecule has 1 aromatic carbocycles. The highest BCUT2D eigenvalue weighted by molar-refractivity contribution is 7.12. The van der Waals surface area contributed by atoms with Crippen LogP contribution in [-0.4, -0.2) is 59.6 Å². The number of hydrogen-bond acceptors (Lipinski definition) is 5. The monoisotopic (exact) mass is 385 g/mol. The second-order valence-corrected chi connectivity index (χ2v) is 7.35. The number of carbonyl (C=O) groups is 2. The molecule has 0 unspecified atom stereocenters. The summed E-state index contributed by atoms with van der Waals surface area (Å²) in [7, 11) is 0. The smallest absolute Gasteiger partial charge is 0.409 e. The van der Waals surface area contributed by atoms with Crippen molar-refractivity contribution in [3.63, 3.8) is 0 Å². The van der Waals surface area contributed by atoms with Crippen molar-refractivity contribution in [2.45, 2.75) is 6.92 Å². The van der Waals surface area contributed by atoms with Gasteiger partial charge in [0, 0.05) is 42.5 Å². The number of H-pyrrole nitrogens is 1. The summed E-state index contributed by atoms with van der Waals surface area (Å²) in [6, 6.07) is 9.45. The first kappa shape index (κ1) is 17.5. The van der Waals surface area contributed by atoms with E-state index in [9.17, 15) is 14.4 Å². The number of nitrogens with one attached hydrogen (secondary N) is 1. The molecule has 1 aliphatic heterocycles. The van der Waals surface area contributed by atoms with E-state index in [-0.39, 0.29) is 16.7 Å². The lowest BCUT2D eigenvalue weighted by Crippen LogP contribution is -2.50. The van der Waals surface area contributed by atoms with Crippen LogP contribution in [0, 0.1) is 0 Å². The Hall–Kier alpha value is -2.87. The zero-order chi connectivity index (χ0) is 19.0. The standard InChI is InChI=1S/C19H19N3O4S/c1-2-26-19(25)22-9-7-21(8-10-22)17(23)15-11-13-12-5-3-4-6-14(12)20-16(13)18(24)27-15/h3-6,11,20H,2,7-10H2,1H3. The van der Waals surface area contributed by atoms with Crippen molar-refractivity contribution in [2.75, 3.05) is 32.8 Å². The minimum atomic E-state index is -0.352. The van der Waals surface area contributed by atoms with E-state index in [2.05, 4.69) is 4.98 Å². The molecule has 3 aromatic rings. The number of fused-ring (bicyclic) bond motifs is 3. The average Bonchev–Trinajstić information content (AvgIpc) is 3.07. The first-order valence-electron chi connectivity index (χ1n) is 8.84. The molecule has 1 aliphatic rings. The summed E-state index contributed by atoms with van der Waals surface area (Å²) in [6.45, 7) is 3.79. The van der Waals surface area contributed by atoms with Gasteiger partial charge in [0.2, 0.25) is 0 Å². The predicted molar refractivity (Wildman–Crippen MR) is 104 cm³/mol. The Morgan fingerprint density at radius 1 is 1.11 bits per heavy atom. The molecule has 4 rings (SSSR count). The summed E-state index contributed by atoms with van der Waals surface area (Å²) < 4.78 is 4.84. The van der Waals surface area contributed by atoms with Crippen molar-refractivity contribution in [3.05, 3.63) is 44.7 Å². The van der Waals surface area contributed by atoms with Gasteiger partial charge in [-0.15, -0.1) is 0 Å². The molecule has 0 spiro atoms. The Labute approximate surface area is 159 Å². The Morgan fingerprint density at radius 2 is 1.81 bits per heavy atom. The third-order valence-corrected chi connectivity index (χ3v) is 5.63. The SMILES string of the molecule is CCOC(=O)N1CCN(C(=O)c2cc3c([nH]c4ccccc43)c(=O)s2)CC1. The van der Waals surface area contributed by atoms with E-state index in [1.807, 2.05) is 24.3 Å². The molecule has 1 N–H and O–H groups in total. The molecule has 8 heteroatoms. The van der Waals surface area contributed by atoms with Crippen LogP contribution in [0.1, 0.15) is 16.6 Å². The fourth-order valence-corrected chi connectivity index (χ4v) is 4.21. The number of hydrogen-bond donors (Lipinski definition) is 1. The lowest BCUT2D eigenvalue weighted by Gasteiger charge is -2.33. The third kappa shape index (κ3) is 3.16. The van der Waals surface area contributed by atoms with Crippen molar-refractivity contribution in [3.8, 4) is 0 Å². The maximum atomic E-state index is 12.9. The van der Waals surface area contributed by atoms with Gasteiger partial charge in [-0.05, 0) is 19.1 Å². The van der Waals surface area contributed by atoms with Crippen LogP contribution in [0.25, 0.3) is 21.8 Å². The van der Waals surface area contributed by atoms with Crippen molar-refractivity contribution in [1.29, 1.82) is 0 Å². The lowest BCUT2D eigenvalue weighted by molar-refractivity contribution is 0.0574. The summed E-state index contributed by atoms with van der Waals surface area (Å²) in [4.78, 5) is 44.0. The third-order valence-electron chi connectivity index (χ3n) is 4.73. The van der Waals surface area contributed by atoms with E-state index >= 15 is 0 Å². The highest BCUT2D eigenvalue weighted by Gasteiger charge is 2.26. The molecule has 3 heterocycles. The van der Waals surface area contributed by atoms with Gasteiger partial charge in [0.1, 0.15) is 5.52 Å². The van der Waals surface area contributed by atoms with Crippen molar-refractivity contribution < 1.29 is 14.3 Å². The molecule has 27 heavy (non-hydrogen) atoms. The molecular weight excluding hydrogens is 366 g/mol. The minimum absolute atomic E-state index is 0.155. The molecule has 0 radical (unpaired) electrons. The molecule has 140 valence electrons. The summed E-state index contributed by atoms with van der Waals surface area (Å²) in [5, 5.41) is 1.70. The highest BCUT2D eigenvalue weighted by Crippen LogP contribution is 2.26. The van der Waals surface area contributed by atoms with Crippen molar-refractivity contribution in [2.24, 2.45) is 0 Å². The van der Waals surface area contributed by atoms with Crippen molar-refractivity contribution in [1.82, 2.24) is 14.8 Å². The Kier molecular flexibility index (Phi) is 4.57. The number of ether oxygens (including phenoxy) is 1. The van der Waals surface area contributed by atoms with Crippen molar-refractivity contribution >= 4 is 45.1 Å². The van der Waals surface area contributed by atoms with Crippen LogP contribution in [0.5, 0.6) is 0 Å². The van der Waals surface area contributed by atoms with Crippen LogP contribution < -0.4 is 4.74 Å². The van der Waals surface area contributed by atoms with Gasteiger partial charge in [-0.1, -0.05) is 29.5 Å². The highest BCUT2D eigenvalue weighted by atomic mass is 32.1. The van der Waals surface area contributed by atoms with Gasteiger partial charge < -0.3 is 19.5 Å². The number of aromatic amines is 1. The van der Waals surface area contributed by atoms with E-state index in [1.54, 1.807) is 22.8 Å². The number of rotatable bonds is 2. The van der Waals surface area contributed by atoms with Crippen LogP contribution in [0.15, 0.2) is 35.1 Å². The van der Waals surface area contributed by atoms with E-state index in [0.29, 0.717) is 43.2 Å². The van der Waals surface area contributed by atoms with Crippen LogP contribution >= 0.6 is 11.3 Å². The molecule has 0 saturated carbocycles. The molecule has 2 aromatic heterocycles. The second-order valence-electron chi connectivity index (χ2n) is 6.34. The maximum absolute atomic E-state index is 12.9. The van der Waals surface area contributed by atoms with Crippen LogP contribution in [0.3, 0.4) is 0 Å². The lowest BCUT2D eigenvalue weighted by atomic mass is 10.2. The van der Waals surface area contributed by atoms with Gasteiger partial charge >= 0.3 is 6.09 Å². The number of piperazine rings is 1. The van der Waals surface area contributed by atoms with Crippen LogP contribution in [0.4, 0.5) is 4.79 Å². The molecule has 0 atom stereocenters. The number of carbonyl (C=O) groups excluding carboxylic acids is 2. The van der Waals surface area contributed by atoms with Crippen LogP contribution in [-0.2, 0) is 4.74 Å². The van der Waals surface area contributed by atoms with Gasteiger partial charge in [-0.25, -0.2) is 4.79 Å². The fourth-order valence-electron chi connectivity index (χ4n) is 3.35. The molecule has 0 aliphatic carbocycles. The topological polar surface area (TPSA) is 82.7 Å². The summed E-state index contributed by atoms with van der Waals surface area (Å²) in [5.74, 6) is -0.173. The minimum Gasteiger partial charge on any atom is -0.450 e. The predicted octanol–water partition coefficient (Wildman–Crippen LogP) is 2.66. The molecular formula is C19H19N3O4S. The Balaban J connectivity index is 1.59. The summed E-state index contributed by atoms with van der Waals surface area (Å²) in [6.07, 6.45) is -0.352. The number of aromatic nitrogens is 1. The van der Waals surface area contributed by atoms with Crippen LogP contribution in [0.2, 0.25) is 0 Å². The quantitative estimate of drug-likeness (QED) is 0.735. The number of para-hydroxylation sites is 1. The van der Waals surface area contributed by atoms with Gasteiger partial charge in [0.05, 0.1) is 11.5 Å². The molecule has 1 saturated heterocycles. The normalized spacial score (nSPS) is 14.7. The molecule has 2 amide bonds. The zero-order valence-corrected chi connectivity index (χ0v) is 15.7. The van der Waals surface area contributed by atoms with Gasteiger partial charge in [-0.3, -0.25) is 9.59 Å².